The molecule has 0 aliphatic rings. The molecule has 24 heavy (non-hydrogen) atoms. The molecule has 2 unspecified atom stereocenters. The number of carbonyl (C=O) groups is 1. The minimum atomic E-state index is -0.728. The molecule has 2 aromatic rings. The first-order valence-corrected chi connectivity index (χ1v) is 7.73. The number of likely N-dealkylation sites (N-methyl/N-ethyl adjacent to an activating group) is 1. The number of nitrogens with one attached hydrogen (secondary N) is 1. The van der Waals surface area contributed by atoms with Crippen LogP contribution in [-0.4, -0.2) is 59.0 Å². The Hall–Kier alpha value is -2.38. The third kappa shape index (κ3) is 4.56. The van der Waals surface area contributed by atoms with Crippen molar-refractivity contribution in [3.8, 4) is 0 Å². The zero-order valence-corrected chi connectivity index (χ0v) is 14.2. The summed E-state index contributed by atoms with van der Waals surface area (Å²) in [6.45, 7) is 0.362. The van der Waals surface area contributed by atoms with Crippen LogP contribution in [0, 0.1) is 0 Å². The van der Waals surface area contributed by atoms with Crippen LogP contribution in [0.5, 0.6) is 0 Å². The minimum absolute atomic E-state index is 0.180. The number of aromatic nitrogens is 2. The average Bonchev–Trinajstić information content (AvgIpc) is 2.99. The molecule has 0 spiro atoms. The third-order valence-corrected chi connectivity index (χ3v) is 3.71. The number of nitrogens with zero attached hydrogens (tertiary/aromatic N) is 3. The van der Waals surface area contributed by atoms with Crippen LogP contribution in [0.3, 0.4) is 0 Å². The molecule has 1 aromatic carbocycles. The maximum absolute atomic E-state index is 12.5. The third-order valence-electron chi connectivity index (χ3n) is 3.71. The van der Waals surface area contributed by atoms with E-state index < -0.39 is 6.10 Å². The van der Waals surface area contributed by atoms with Crippen molar-refractivity contribution in [2.75, 3.05) is 27.3 Å². The van der Waals surface area contributed by atoms with E-state index in [0.29, 0.717) is 0 Å². The van der Waals surface area contributed by atoms with Gasteiger partial charge in [0.1, 0.15) is 11.9 Å². The van der Waals surface area contributed by atoms with Crippen molar-refractivity contribution < 1.29 is 14.6 Å². The van der Waals surface area contributed by atoms with E-state index in [-0.39, 0.29) is 25.2 Å². The normalized spacial score (nSPS) is 13.3. The summed E-state index contributed by atoms with van der Waals surface area (Å²) >= 11 is 0. The van der Waals surface area contributed by atoms with Gasteiger partial charge < -0.3 is 24.6 Å². The first-order valence-electron chi connectivity index (χ1n) is 7.73. The molecule has 2 atom stereocenters. The van der Waals surface area contributed by atoms with Crippen LogP contribution in [0.4, 0.5) is 4.79 Å². The lowest BCUT2D eigenvalue weighted by Crippen LogP contribution is -2.44. The van der Waals surface area contributed by atoms with E-state index in [2.05, 4.69) is 10.3 Å². The summed E-state index contributed by atoms with van der Waals surface area (Å²) < 4.78 is 6.76. The number of imidazole rings is 1. The lowest BCUT2D eigenvalue weighted by Gasteiger charge is -2.25. The fraction of sp³-hybridized carbons (Fsp3) is 0.412. The molecule has 0 saturated heterocycles. The topological polar surface area (TPSA) is 79.6 Å². The van der Waals surface area contributed by atoms with Crippen molar-refractivity contribution in [3.63, 3.8) is 0 Å². The summed E-state index contributed by atoms with van der Waals surface area (Å²) in [4.78, 5) is 18.3. The van der Waals surface area contributed by atoms with Gasteiger partial charge >= 0.3 is 6.03 Å². The lowest BCUT2D eigenvalue weighted by atomic mass is 10.1. The first-order chi connectivity index (χ1) is 11.5. The van der Waals surface area contributed by atoms with Crippen LogP contribution in [0.15, 0.2) is 42.7 Å². The molecular formula is C17H24N4O3. The van der Waals surface area contributed by atoms with Crippen molar-refractivity contribution in [2.45, 2.75) is 12.1 Å². The number of hydrogen-bond acceptors (Lipinski definition) is 4. The molecule has 1 aromatic heterocycles. The maximum Gasteiger partial charge on any atom is 0.318 e. The van der Waals surface area contributed by atoms with Crippen LogP contribution in [0.1, 0.15) is 17.4 Å². The van der Waals surface area contributed by atoms with Crippen LogP contribution in [0.25, 0.3) is 0 Å². The van der Waals surface area contributed by atoms with Crippen LogP contribution in [0.2, 0.25) is 0 Å². The summed E-state index contributed by atoms with van der Waals surface area (Å²) in [6, 6.07) is 8.99. The Morgan fingerprint density at radius 3 is 2.71 bits per heavy atom. The number of amides is 2. The van der Waals surface area contributed by atoms with E-state index >= 15 is 0 Å². The molecule has 0 aliphatic heterocycles. The second-order valence-corrected chi connectivity index (χ2v) is 5.68. The van der Waals surface area contributed by atoms with Crippen molar-refractivity contribution in [1.29, 1.82) is 0 Å². The summed E-state index contributed by atoms with van der Waals surface area (Å²) in [6.07, 6.45) is 2.81. The van der Waals surface area contributed by atoms with Crippen LogP contribution < -0.4 is 5.32 Å². The number of aliphatic hydroxyl groups excluding tert-OH is 1. The molecule has 0 fully saturated rings. The Labute approximate surface area is 141 Å². The van der Waals surface area contributed by atoms with E-state index in [0.717, 1.165) is 11.4 Å². The highest BCUT2D eigenvalue weighted by molar-refractivity contribution is 5.74. The Morgan fingerprint density at radius 2 is 2.12 bits per heavy atom. The Kier molecular flexibility index (Phi) is 6.34. The van der Waals surface area contributed by atoms with Gasteiger partial charge in [0, 0.05) is 33.6 Å². The predicted octanol–water partition coefficient (Wildman–Crippen LogP) is 1.16. The lowest BCUT2D eigenvalue weighted by molar-refractivity contribution is 0.0488. The largest absolute Gasteiger partial charge is 0.389 e. The SMILES string of the molecule is COCC(O)CN(C)C(=O)NC(c1ccccc1)c1nccn1C. The molecular weight excluding hydrogens is 308 g/mol. The van der Waals surface area contributed by atoms with E-state index in [9.17, 15) is 9.90 Å². The number of urea groups is 1. The predicted molar refractivity (Wildman–Crippen MR) is 90.5 cm³/mol. The van der Waals surface area contributed by atoms with Gasteiger partial charge in [0.15, 0.2) is 0 Å². The van der Waals surface area contributed by atoms with Gasteiger partial charge in [0.25, 0.3) is 0 Å². The van der Waals surface area contributed by atoms with E-state index in [1.807, 2.05) is 48.1 Å². The summed E-state index contributed by atoms with van der Waals surface area (Å²) in [7, 11) is 5.03. The molecule has 0 bridgehead atoms. The van der Waals surface area contributed by atoms with Gasteiger partial charge in [-0.1, -0.05) is 30.3 Å². The van der Waals surface area contributed by atoms with E-state index in [4.69, 9.17) is 4.74 Å². The van der Waals surface area contributed by atoms with Crippen LogP contribution >= 0.6 is 0 Å². The van der Waals surface area contributed by atoms with Crippen molar-refractivity contribution in [2.24, 2.45) is 7.05 Å². The number of aliphatic hydroxyl groups is 1. The first kappa shape index (κ1) is 18.0. The van der Waals surface area contributed by atoms with Gasteiger partial charge in [-0.3, -0.25) is 0 Å². The number of carbonyl (C=O) groups excluding carboxylic acids is 1. The number of ether oxygens (including phenoxy) is 1. The number of benzene rings is 1. The van der Waals surface area contributed by atoms with Gasteiger partial charge in [-0.2, -0.15) is 0 Å². The smallest absolute Gasteiger partial charge is 0.318 e. The molecule has 2 rings (SSSR count). The number of methoxy groups -OCH3 is 1. The molecule has 0 saturated carbocycles. The van der Waals surface area contributed by atoms with Crippen molar-refractivity contribution in [3.05, 3.63) is 54.1 Å². The summed E-state index contributed by atoms with van der Waals surface area (Å²) in [5.41, 5.74) is 0.936. The highest BCUT2D eigenvalue weighted by Gasteiger charge is 2.23. The van der Waals surface area contributed by atoms with Gasteiger partial charge in [0.05, 0.1) is 19.3 Å². The molecule has 0 radical (unpaired) electrons. The Balaban J connectivity index is 2.14. The zero-order chi connectivity index (χ0) is 17.5. The zero-order valence-electron chi connectivity index (χ0n) is 14.2. The fourth-order valence-electron chi connectivity index (χ4n) is 2.48. The van der Waals surface area contributed by atoms with Gasteiger partial charge in [0.2, 0.25) is 0 Å². The van der Waals surface area contributed by atoms with E-state index in [1.54, 1.807) is 13.2 Å². The molecule has 2 amide bonds. The van der Waals surface area contributed by atoms with Crippen molar-refractivity contribution >= 4 is 6.03 Å². The Morgan fingerprint density at radius 1 is 1.42 bits per heavy atom. The fourth-order valence-corrected chi connectivity index (χ4v) is 2.48. The Bertz CT molecular complexity index is 644. The monoisotopic (exact) mass is 332 g/mol. The van der Waals surface area contributed by atoms with Gasteiger partial charge in [-0.25, -0.2) is 9.78 Å². The molecule has 7 nitrogen and oxygen atoms in total. The summed E-state index contributed by atoms with van der Waals surface area (Å²) in [5.74, 6) is 0.736. The van der Waals surface area contributed by atoms with Crippen LogP contribution in [-0.2, 0) is 11.8 Å². The molecule has 1 heterocycles. The second kappa shape index (κ2) is 8.47. The standard InChI is InChI=1S/C17H24N4O3/c1-20-10-9-18-16(20)15(13-7-5-4-6-8-13)19-17(23)21(2)11-14(22)12-24-3/h4-10,14-15,22H,11-12H2,1-3H3,(H,19,23). The molecule has 7 heteroatoms. The number of rotatable bonds is 7. The van der Waals surface area contributed by atoms with E-state index in [1.165, 1.54) is 12.0 Å². The second-order valence-electron chi connectivity index (χ2n) is 5.68. The highest BCUT2D eigenvalue weighted by Crippen LogP contribution is 2.20. The number of aryl methyl sites for hydroxylation is 1. The van der Waals surface area contributed by atoms with Gasteiger partial charge in [-0.05, 0) is 5.56 Å². The number of hydrogen-bond donors (Lipinski definition) is 2. The maximum atomic E-state index is 12.5. The highest BCUT2D eigenvalue weighted by atomic mass is 16.5. The average molecular weight is 332 g/mol. The quantitative estimate of drug-likeness (QED) is 0.797. The minimum Gasteiger partial charge on any atom is -0.389 e. The summed E-state index contributed by atoms with van der Waals surface area (Å²) in [5, 5.41) is 12.8. The molecule has 2 N–H and O–H groups in total. The van der Waals surface area contributed by atoms with Crippen molar-refractivity contribution in [1.82, 2.24) is 19.8 Å². The molecule has 0 aliphatic carbocycles. The van der Waals surface area contributed by atoms with Gasteiger partial charge in [-0.15, -0.1) is 0 Å². The molecule has 130 valence electrons.